The predicted molar refractivity (Wildman–Crippen MR) is 65.2 cm³/mol. The van der Waals surface area contributed by atoms with Crippen LogP contribution < -0.4 is 0 Å². The Hall–Kier alpha value is -1.38. The van der Waals surface area contributed by atoms with Gasteiger partial charge in [0.25, 0.3) is 0 Å². The van der Waals surface area contributed by atoms with Crippen LogP contribution in [0.4, 0.5) is 0 Å². The summed E-state index contributed by atoms with van der Waals surface area (Å²) in [7, 11) is 0. The van der Waals surface area contributed by atoms with Gasteiger partial charge in [-0.2, -0.15) is 5.26 Å². The average molecular weight is 247 g/mol. The summed E-state index contributed by atoms with van der Waals surface area (Å²) >= 11 is 3.10. The van der Waals surface area contributed by atoms with Gasteiger partial charge in [0.05, 0.1) is 12.5 Å². The van der Waals surface area contributed by atoms with Crippen molar-refractivity contribution in [1.82, 2.24) is 10.2 Å². The van der Waals surface area contributed by atoms with Crippen molar-refractivity contribution >= 4 is 23.1 Å². The molecule has 1 heterocycles. The zero-order valence-corrected chi connectivity index (χ0v) is 10.0. The van der Waals surface area contributed by atoms with Crippen LogP contribution >= 0.6 is 23.1 Å². The van der Waals surface area contributed by atoms with Crippen LogP contribution in [-0.2, 0) is 0 Å². The molecule has 1 aromatic carbocycles. The average Bonchev–Trinajstić information content (AvgIpc) is 2.83. The molecule has 0 bridgehead atoms. The van der Waals surface area contributed by atoms with Crippen LogP contribution in [0.1, 0.15) is 17.2 Å². The molecule has 0 fully saturated rings. The number of hydrogen-bond donors (Lipinski definition) is 0. The third kappa shape index (κ3) is 2.81. The van der Waals surface area contributed by atoms with Crippen LogP contribution in [0.5, 0.6) is 0 Å². The fourth-order valence-electron chi connectivity index (χ4n) is 1.31. The first kappa shape index (κ1) is 11.1. The first-order valence-corrected chi connectivity index (χ1v) is 6.51. The highest BCUT2D eigenvalue weighted by Gasteiger charge is 2.14. The van der Waals surface area contributed by atoms with E-state index in [1.807, 2.05) is 30.3 Å². The monoisotopic (exact) mass is 247 g/mol. The van der Waals surface area contributed by atoms with Crippen molar-refractivity contribution in [3.8, 4) is 6.07 Å². The summed E-state index contributed by atoms with van der Waals surface area (Å²) in [5.74, 6) is 0. The molecule has 3 nitrogen and oxygen atoms in total. The number of hydrogen-bond acceptors (Lipinski definition) is 5. The van der Waals surface area contributed by atoms with Crippen LogP contribution in [0, 0.1) is 11.3 Å². The standard InChI is InChI=1S/C11H9N3S2/c12-7-6-10(9-4-2-1-3-5-9)16-11-14-13-8-15-11/h1-5,8,10H,6H2. The second kappa shape index (κ2) is 5.64. The molecule has 0 aliphatic carbocycles. The zero-order chi connectivity index (χ0) is 11.2. The summed E-state index contributed by atoms with van der Waals surface area (Å²) in [6, 6.07) is 12.2. The van der Waals surface area contributed by atoms with Crippen molar-refractivity contribution in [3.05, 3.63) is 41.4 Å². The van der Waals surface area contributed by atoms with Gasteiger partial charge in [0.2, 0.25) is 0 Å². The van der Waals surface area contributed by atoms with Crippen molar-refractivity contribution < 1.29 is 0 Å². The molecule has 0 aliphatic rings. The number of thioether (sulfide) groups is 1. The van der Waals surface area contributed by atoms with E-state index in [9.17, 15) is 0 Å². The third-order valence-corrected chi connectivity index (χ3v) is 4.10. The summed E-state index contributed by atoms with van der Waals surface area (Å²) in [6.07, 6.45) is 0.480. The van der Waals surface area contributed by atoms with Gasteiger partial charge >= 0.3 is 0 Å². The molecule has 0 N–H and O–H groups in total. The fraction of sp³-hybridized carbons (Fsp3) is 0.182. The molecule has 1 atom stereocenters. The number of benzene rings is 1. The molecule has 0 radical (unpaired) electrons. The second-order valence-corrected chi connectivity index (χ2v) is 5.37. The first-order valence-electron chi connectivity index (χ1n) is 4.75. The van der Waals surface area contributed by atoms with Gasteiger partial charge in [-0.1, -0.05) is 53.4 Å². The maximum atomic E-state index is 8.83. The van der Waals surface area contributed by atoms with Crippen molar-refractivity contribution in [2.24, 2.45) is 0 Å². The number of aromatic nitrogens is 2. The smallest absolute Gasteiger partial charge is 0.174 e. The molecule has 0 spiro atoms. The van der Waals surface area contributed by atoms with Crippen molar-refractivity contribution in [1.29, 1.82) is 5.26 Å². The molecule has 1 unspecified atom stereocenters. The lowest BCUT2D eigenvalue weighted by molar-refractivity contribution is 0.959. The summed E-state index contributed by atoms with van der Waals surface area (Å²) in [6.45, 7) is 0. The number of nitrogens with zero attached hydrogens (tertiary/aromatic N) is 3. The lowest BCUT2D eigenvalue weighted by Gasteiger charge is -2.10. The quantitative estimate of drug-likeness (QED) is 0.778. The van der Waals surface area contributed by atoms with E-state index in [0.29, 0.717) is 6.42 Å². The fourth-order valence-corrected chi connectivity index (χ4v) is 3.08. The summed E-state index contributed by atoms with van der Waals surface area (Å²) < 4.78 is 0.907. The maximum Gasteiger partial charge on any atom is 0.174 e. The van der Waals surface area contributed by atoms with Gasteiger partial charge in [0.1, 0.15) is 5.51 Å². The first-order chi connectivity index (χ1) is 7.90. The lowest BCUT2D eigenvalue weighted by atomic mass is 10.1. The van der Waals surface area contributed by atoms with E-state index in [2.05, 4.69) is 16.3 Å². The molecular formula is C11H9N3S2. The van der Waals surface area contributed by atoms with E-state index >= 15 is 0 Å². The van der Waals surface area contributed by atoms with Crippen molar-refractivity contribution in [2.45, 2.75) is 16.0 Å². The predicted octanol–water partition coefficient (Wildman–Crippen LogP) is 3.29. The van der Waals surface area contributed by atoms with Gasteiger partial charge in [-0.3, -0.25) is 0 Å². The Labute approximate surface area is 102 Å². The van der Waals surface area contributed by atoms with Crippen molar-refractivity contribution in [2.75, 3.05) is 0 Å². The van der Waals surface area contributed by atoms with E-state index < -0.39 is 0 Å². The van der Waals surface area contributed by atoms with Gasteiger partial charge in [-0.25, -0.2) is 0 Å². The lowest BCUT2D eigenvalue weighted by Crippen LogP contribution is -1.92. The minimum atomic E-state index is 0.138. The summed E-state index contributed by atoms with van der Waals surface area (Å²) in [5.41, 5.74) is 2.86. The topological polar surface area (TPSA) is 49.6 Å². The molecule has 2 rings (SSSR count). The van der Waals surface area contributed by atoms with Crippen LogP contribution in [-0.4, -0.2) is 10.2 Å². The Morgan fingerprint density at radius 1 is 1.38 bits per heavy atom. The van der Waals surface area contributed by atoms with Gasteiger partial charge in [0.15, 0.2) is 4.34 Å². The molecule has 5 heteroatoms. The Morgan fingerprint density at radius 2 is 2.19 bits per heavy atom. The van der Waals surface area contributed by atoms with E-state index in [0.717, 1.165) is 9.90 Å². The largest absolute Gasteiger partial charge is 0.198 e. The van der Waals surface area contributed by atoms with Gasteiger partial charge < -0.3 is 0 Å². The summed E-state index contributed by atoms with van der Waals surface area (Å²) in [4.78, 5) is 0. The Balaban J connectivity index is 2.15. The van der Waals surface area contributed by atoms with E-state index in [4.69, 9.17) is 5.26 Å². The molecule has 1 aromatic heterocycles. The van der Waals surface area contributed by atoms with E-state index in [-0.39, 0.29) is 5.25 Å². The van der Waals surface area contributed by atoms with Crippen LogP contribution in [0.2, 0.25) is 0 Å². The zero-order valence-electron chi connectivity index (χ0n) is 8.41. The Morgan fingerprint density at radius 3 is 2.81 bits per heavy atom. The molecule has 0 saturated heterocycles. The van der Waals surface area contributed by atoms with Crippen LogP contribution in [0.3, 0.4) is 0 Å². The second-order valence-electron chi connectivity index (χ2n) is 3.08. The van der Waals surface area contributed by atoms with Crippen molar-refractivity contribution in [3.63, 3.8) is 0 Å². The van der Waals surface area contributed by atoms with Gasteiger partial charge in [-0.05, 0) is 5.56 Å². The van der Waals surface area contributed by atoms with E-state index in [1.165, 1.54) is 11.3 Å². The normalized spacial score (nSPS) is 11.9. The number of rotatable bonds is 4. The Kier molecular flexibility index (Phi) is 3.91. The van der Waals surface area contributed by atoms with Gasteiger partial charge in [0, 0.05) is 5.25 Å². The highest BCUT2D eigenvalue weighted by Crippen LogP contribution is 2.37. The van der Waals surface area contributed by atoms with Crippen LogP contribution in [0.25, 0.3) is 0 Å². The molecule has 80 valence electrons. The molecule has 2 aromatic rings. The van der Waals surface area contributed by atoms with Gasteiger partial charge in [-0.15, -0.1) is 10.2 Å². The highest BCUT2D eigenvalue weighted by atomic mass is 32.2. The summed E-state index contributed by atoms with van der Waals surface area (Å²) in [5, 5.41) is 16.7. The Bertz CT molecular complexity index is 462. The number of nitriles is 1. The van der Waals surface area contributed by atoms with E-state index in [1.54, 1.807) is 17.3 Å². The SMILES string of the molecule is N#CCC(Sc1nncs1)c1ccccc1. The third-order valence-electron chi connectivity index (χ3n) is 2.03. The molecule has 0 amide bonds. The minimum absolute atomic E-state index is 0.138. The molecule has 16 heavy (non-hydrogen) atoms. The minimum Gasteiger partial charge on any atom is -0.198 e. The molecule has 0 aliphatic heterocycles. The maximum absolute atomic E-state index is 8.83. The molecular weight excluding hydrogens is 238 g/mol. The molecule has 0 saturated carbocycles. The highest BCUT2D eigenvalue weighted by molar-refractivity contribution is 8.01. The van der Waals surface area contributed by atoms with Crippen LogP contribution in [0.15, 0.2) is 40.2 Å².